The molecule has 0 amide bonds. The SMILES string of the molecule is COc1ccc(-c2ocnc2-c2cc(OC)c(F)c(OC)c2)cc1N. The highest BCUT2D eigenvalue weighted by molar-refractivity contribution is 5.80. The minimum Gasteiger partial charge on any atom is -0.495 e. The molecule has 0 bridgehead atoms. The van der Waals surface area contributed by atoms with Gasteiger partial charge in [0.05, 0.1) is 27.0 Å². The van der Waals surface area contributed by atoms with Crippen molar-refractivity contribution in [2.75, 3.05) is 27.1 Å². The summed E-state index contributed by atoms with van der Waals surface area (Å²) in [5.41, 5.74) is 8.25. The molecule has 2 N–H and O–H groups in total. The lowest BCUT2D eigenvalue weighted by atomic mass is 10.0. The molecule has 1 heterocycles. The zero-order chi connectivity index (χ0) is 18.0. The molecular formula is C18H17FN2O4. The maximum absolute atomic E-state index is 14.1. The number of nitrogens with two attached hydrogens (primary N) is 1. The number of anilines is 1. The number of methoxy groups -OCH3 is 3. The summed E-state index contributed by atoms with van der Waals surface area (Å²) in [6.07, 6.45) is 1.31. The number of oxazole rings is 1. The van der Waals surface area contributed by atoms with Gasteiger partial charge in [0, 0.05) is 11.1 Å². The molecule has 0 aliphatic heterocycles. The van der Waals surface area contributed by atoms with Crippen LogP contribution in [0.5, 0.6) is 17.2 Å². The first kappa shape index (κ1) is 16.6. The summed E-state index contributed by atoms with van der Waals surface area (Å²) in [5, 5.41) is 0. The molecule has 0 aliphatic carbocycles. The molecule has 0 spiro atoms. The minimum atomic E-state index is -0.576. The van der Waals surface area contributed by atoms with E-state index in [9.17, 15) is 4.39 Å². The third-order valence-electron chi connectivity index (χ3n) is 3.78. The van der Waals surface area contributed by atoms with Gasteiger partial charge >= 0.3 is 0 Å². The van der Waals surface area contributed by atoms with Crippen molar-refractivity contribution < 1.29 is 23.0 Å². The predicted octanol–water partition coefficient (Wildman–Crippen LogP) is 3.76. The first-order chi connectivity index (χ1) is 12.1. The van der Waals surface area contributed by atoms with Crippen molar-refractivity contribution in [3.8, 4) is 39.8 Å². The van der Waals surface area contributed by atoms with E-state index in [1.54, 1.807) is 25.3 Å². The molecule has 0 aliphatic rings. The molecule has 130 valence electrons. The van der Waals surface area contributed by atoms with E-state index >= 15 is 0 Å². The van der Waals surface area contributed by atoms with Gasteiger partial charge in [-0.2, -0.15) is 4.39 Å². The van der Waals surface area contributed by atoms with E-state index in [1.807, 2.05) is 0 Å². The Labute approximate surface area is 144 Å². The summed E-state index contributed by atoms with van der Waals surface area (Å²) in [6, 6.07) is 8.33. The monoisotopic (exact) mass is 344 g/mol. The molecule has 0 saturated carbocycles. The highest BCUT2D eigenvalue weighted by Crippen LogP contribution is 2.38. The van der Waals surface area contributed by atoms with Gasteiger partial charge in [-0.25, -0.2) is 4.98 Å². The molecule has 0 fully saturated rings. The van der Waals surface area contributed by atoms with Crippen LogP contribution in [-0.2, 0) is 0 Å². The molecule has 0 atom stereocenters. The van der Waals surface area contributed by atoms with Gasteiger partial charge in [-0.05, 0) is 30.3 Å². The van der Waals surface area contributed by atoms with Gasteiger partial charge in [-0.3, -0.25) is 0 Å². The first-order valence-corrected chi connectivity index (χ1v) is 7.38. The second-order valence-electron chi connectivity index (χ2n) is 5.18. The number of halogens is 1. The van der Waals surface area contributed by atoms with Gasteiger partial charge < -0.3 is 24.4 Å². The Morgan fingerprint density at radius 1 is 0.920 bits per heavy atom. The maximum atomic E-state index is 14.1. The summed E-state index contributed by atoms with van der Waals surface area (Å²) in [5.74, 6) is 0.586. The Morgan fingerprint density at radius 3 is 2.12 bits per heavy atom. The van der Waals surface area contributed by atoms with Crippen LogP contribution in [0.25, 0.3) is 22.6 Å². The van der Waals surface area contributed by atoms with Crippen LogP contribution in [0, 0.1) is 5.82 Å². The number of benzene rings is 2. The van der Waals surface area contributed by atoms with Crippen molar-refractivity contribution in [3.05, 3.63) is 42.5 Å². The van der Waals surface area contributed by atoms with Gasteiger partial charge in [0.25, 0.3) is 0 Å². The van der Waals surface area contributed by atoms with Crippen molar-refractivity contribution in [1.82, 2.24) is 4.98 Å². The number of hydrogen-bond donors (Lipinski definition) is 1. The average Bonchev–Trinajstić information content (AvgIpc) is 3.11. The van der Waals surface area contributed by atoms with E-state index in [0.29, 0.717) is 34.0 Å². The zero-order valence-corrected chi connectivity index (χ0v) is 14.0. The van der Waals surface area contributed by atoms with E-state index in [4.69, 9.17) is 24.4 Å². The molecule has 0 saturated heterocycles. The van der Waals surface area contributed by atoms with Crippen LogP contribution in [0.2, 0.25) is 0 Å². The summed E-state index contributed by atoms with van der Waals surface area (Å²) >= 11 is 0. The molecule has 25 heavy (non-hydrogen) atoms. The smallest absolute Gasteiger partial charge is 0.206 e. The molecule has 0 unspecified atom stereocenters. The Morgan fingerprint density at radius 2 is 1.56 bits per heavy atom. The zero-order valence-electron chi connectivity index (χ0n) is 14.0. The molecule has 3 rings (SSSR count). The Balaban J connectivity index is 2.13. The minimum absolute atomic E-state index is 0.0533. The van der Waals surface area contributed by atoms with Crippen LogP contribution in [0.15, 0.2) is 41.1 Å². The molecule has 3 aromatic rings. The van der Waals surface area contributed by atoms with Crippen LogP contribution in [0.4, 0.5) is 10.1 Å². The molecule has 1 aromatic heterocycles. The number of ether oxygens (including phenoxy) is 3. The quantitative estimate of drug-likeness (QED) is 0.710. The highest BCUT2D eigenvalue weighted by atomic mass is 19.1. The second kappa shape index (κ2) is 6.72. The van der Waals surface area contributed by atoms with E-state index in [2.05, 4.69) is 4.98 Å². The van der Waals surface area contributed by atoms with Gasteiger partial charge in [-0.15, -0.1) is 0 Å². The normalized spacial score (nSPS) is 10.6. The number of nitrogen functional groups attached to an aromatic ring is 1. The Bertz CT molecular complexity index is 883. The lowest BCUT2D eigenvalue weighted by Crippen LogP contribution is -1.95. The van der Waals surface area contributed by atoms with E-state index in [0.717, 1.165) is 0 Å². The van der Waals surface area contributed by atoms with Crippen molar-refractivity contribution >= 4 is 5.69 Å². The van der Waals surface area contributed by atoms with Crippen LogP contribution in [0.3, 0.4) is 0 Å². The van der Waals surface area contributed by atoms with Crippen LogP contribution in [0.1, 0.15) is 0 Å². The van der Waals surface area contributed by atoms with Gasteiger partial charge in [-0.1, -0.05) is 0 Å². The molecule has 0 radical (unpaired) electrons. The molecule has 2 aromatic carbocycles. The van der Waals surface area contributed by atoms with Gasteiger partial charge in [0.1, 0.15) is 11.4 Å². The largest absolute Gasteiger partial charge is 0.495 e. The summed E-state index contributed by atoms with van der Waals surface area (Å²) in [6.45, 7) is 0. The second-order valence-corrected chi connectivity index (χ2v) is 5.18. The fourth-order valence-electron chi connectivity index (χ4n) is 2.54. The lowest BCUT2D eigenvalue weighted by Gasteiger charge is -2.10. The topological polar surface area (TPSA) is 79.7 Å². The van der Waals surface area contributed by atoms with Crippen molar-refractivity contribution in [2.45, 2.75) is 0 Å². The van der Waals surface area contributed by atoms with Gasteiger partial charge in [0.15, 0.2) is 23.7 Å². The third-order valence-corrected chi connectivity index (χ3v) is 3.78. The van der Waals surface area contributed by atoms with Crippen LogP contribution in [-0.4, -0.2) is 26.3 Å². The fraction of sp³-hybridized carbons (Fsp3) is 0.167. The Kier molecular flexibility index (Phi) is 4.47. The van der Waals surface area contributed by atoms with Crippen molar-refractivity contribution in [1.29, 1.82) is 0 Å². The van der Waals surface area contributed by atoms with Crippen LogP contribution >= 0.6 is 0 Å². The molecule has 7 heteroatoms. The first-order valence-electron chi connectivity index (χ1n) is 7.38. The Hall–Kier alpha value is -3.22. The van der Waals surface area contributed by atoms with Gasteiger partial charge in [0.2, 0.25) is 5.82 Å². The number of rotatable bonds is 5. The molecular weight excluding hydrogens is 327 g/mol. The summed E-state index contributed by atoms with van der Waals surface area (Å²) < 4.78 is 35.0. The van der Waals surface area contributed by atoms with Crippen molar-refractivity contribution in [2.24, 2.45) is 0 Å². The number of aromatic nitrogens is 1. The summed E-state index contributed by atoms with van der Waals surface area (Å²) in [4.78, 5) is 4.24. The maximum Gasteiger partial charge on any atom is 0.206 e. The lowest BCUT2D eigenvalue weighted by molar-refractivity contribution is 0.351. The molecule has 6 nitrogen and oxygen atoms in total. The number of nitrogens with zero attached hydrogens (tertiary/aromatic N) is 1. The van der Waals surface area contributed by atoms with E-state index < -0.39 is 5.82 Å². The fourth-order valence-corrected chi connectivity index (χ4v) is 2.54. The summed E-state index contributed by atoms with van der Waals surface area (Å²) in [7, 11) is 4.31. The van der Waals surface area contributed by atoms with E-state index in [1.165, 1.54) is 32.7 Å². The average molecular weight is 344 g/mol. The van der Waals surface area contributed by atoms with E-state index in [-0.39, 0.29) is 11.5 Å². The standard InChI is InChI=1S/C18H17FN2O4/c1-22-13-5-4-10(6-12(13)20)18-17(21-9-25-18)11-7-14(23-2)16(19)15(8-11)24-3/h4-9H,20H2,1-3H3. The van der Waals surface area contributed by atoms with Crippen molar-refractivity contribution in [3.63, 3.8) is 0 Å². The predicted molar refractivity (Wildman–Crippen MR) is 91.4 cm³/mol. The highest BCUT2D eigenvalue weighted by Gasteiger charge is 2.19. The number of hydrogen-bond acceptors (Lipinski definition) is 6. The third kappa shape index (κ3) is 2.96. The van der Waals surface area contributed by atoms with Crippen LogP contribution < -0.4 is 19.9 Å².